The lowest BCUT2D eigenvalue weighted by atomic mass is 10.0. The van der Waals surface area contributed by atoms with Crippen LogP contribution in [0.3, 0.4) is 0 Å². The van der Waals surface area contributed by atoms with Crippen LogP contribution in [0.15, 0.2) is 31.3 Å². The molecule has 138 valence electrons. The Kier molecular flexibility index (Phi) is 3.87. The van der Waals surface area contributed by atoms with Crippen LogP contribution >= 0.6 is 0 Å². The molecule has 0 spiro atoms. The first-order chi connectivity index (χ1) is 12.0. The number of hydrogen-bond donors (Lipinski definition) is 0. The van der Waals surface area contributed by atoms with E-state index in [4.69, 9.17) is 0 Å². The molecule has 0 aliphatic carbocycles. The van der Waals surface area contributed by atoms with Gasteiger partial charge < -0.3 is 0 Å². The number of nitrogens with zero attached hydrogens (tertiary/aromatic N) is 2. The summed E-state index contributed by atoms with van der Waals surface area (Å²) in [6.07, 6.45) is 1.21. The molecule has 0 fully saturated rings. The standard InChI is InChI=1S/C20H24N2O4/c1-7-19(3,4)21-15(23)11-9-13-14(10-12(11)16(21)24)18(26)22(17(13)25)20(5,6)8-2/h9-10H,7-8H2,1-6H3. The van der Waals surface area contributed by atoms with Crippen LogP contribution in [0.4, 0.5) is 0 Å². The van der Waals surface area contributed by atoms with Crippen LogP contribution in [-0.4, -0.2) is 9.13 Å². The van der Waals surface area contributed by atoms with E-state index >= 15 is 0 Å². The number of benzene rings is 1. The van der Waals surface area contributed by atoms with Gasteiger partial charge in [0, 0.05) is 11.1 Å². The van der Waals surface area contributed by atoms with Crippen molar-refractivity contribution in [3.8, 4) is 0 Å². The fourth-order valence-corrected chi connectivity index (χ4v) is 3.39. The normalized spacial score (nSPS) is 13.2. The van der Waals surface area contributed by atoms with Gasteiger partial charge in [-0.15, -0.1) is 0 Å². The maximum atomic E-state index is 12.8. The van der Waals surface area contributed by atoms with Gasteiger partial charge in [0.05, 0.1) is 21.5 Å². The maximum absolute atomic E-state index is 12.8. The zero-order chi connectivity index (χ0) is 19.6. The maximum Gasteiger partial charge on any atom is 0.262 e. The number of hydrogen-bond acceptors (Lipinski definition) is 4. The van der Waals surface area contributed by atoms with Crippen molar-refractivity contribution in [2.75, 3.05) is 0 Å². The quantitative estimate of drug-likeness (QED) is 0.718. The second-order valence-electron chi connectivity index (χ2n) is 8.17. The summed E-state index contributed by atoms with van der Waals surface area (Å²) in [5.41, 5.74) is -2.91. The van der Waals surface area contributed by atoms with E-state index in [0.29, 0.717) is 12.8 Å². The lowest BCUT2D eigenvalue weighted by Gasteiger charge is -2.23. The molecule has 0 saturated carbocycles. The van der Waals surface area contributed by atoms with Gasteiger partial charge >= 0.3 is 0 Å². The highest BCUT2D eigenvalue weighted by Gasteiger charge is 2.29. The minimum atomic E-state index is -0.637. The molecule has 0 N–H and O–H groups in total. The average Bonchev–Trinajstić information content (AvgIpc) is 2.98. The van der Waals surface area contributed by atoms with E-state index in [1.807, 2.05) is 41.5 Å². The zero-order valence-electron chi connectivity index (χ0n) is 16.1. The summed E-state index contributed by atoms with van der Waals surface area (Å²) in [5, 5.41) is 0.806. The van der Waals surface area contributed by atoms with Gasteiger partial charge in [0.15, 0.2) is 0 Å². The van der Waals surface area contributed by atoms with Crippen LogP contribution in [0, 0.1) is 0 Å². The summed E-state index contributed by atoms with van der Waals surface area (Å²) >= 11 is 0. The van der Waals surface area contributed by atoms with Crippen LogP contribution in [0.5, 0.6) is 0 Å². The van der Waals surface area contributed by atoms with Crippen molar-refractivity contribution in [2.45, 2.75) is 65.5 Å². The Morgan fingerprint density at radius 2 is 0.846 bits per heavy atom. The van der Waals surface area contributed by atoms with Crippen LogP contribution in [0.25, 0.3) is 21.5 Å². The summed E-state index contributed by atoms with van der Waals surface area (Å²) < 4.78 is 2.46. The van der Waals surface area contributed by atoms with E-state index in [1.165, 1.54) is 21.3 Å². The summed E-state index contributed by atoms with van der Waals surface area (Å²) in [4.78, 5) is 51.3. The summed E-state index contributed by atoms with van der Waals surface area (Å²) in [6, 6.07) is 2.84. The molecule has 2 heterocycles. The molecular formula is C20H24N2O4. The van der Waals surface area contributed by atoms with E-state index in [2.05, 4.69) is 0 Å². The van der Waals surface area contributed by atoms with E-state index in [-0.39, 0.29) is 21.5 Å². The molecular weight excluding hydrogens is 332 g/mol. The smallest absolute Gasteiger partial charge is 0.262 e. The largest absolute Gasteiger partial charge is 0.269 e. The molecule has 3 aromatic rings. The number of rotatable bonds is 4. The van der Waals surface area contributed by atoms with Crippen molar-refractivity contribution < 1.29 is 0 Å². The van der Waals surface area contributed by atoms with Crippen molar-refractivity contribution in [1.82, 2.24) is 9.13 Å². The molecule has 0 aliphatic rings. The van der Waals surface area contributed by atoms with Crippen molar-refractivity contribution in [1.29, 1.82) is 0 Å². The van der Waals surface area contributed by atoms with Gasteiger partial charge in [0.25, 0.3) is 22.2 Å². The van der Waals surface area contributed by atoms with Crippen LogP contribution < -0.4 is 22.2 Å². The first-order valence-corrected chi connectivity index (χ1v) is 8.93. The lowest BCUT2D eigenvalue weighted by Crippen LogP contribution is -2.40. The molecule has 0 unspecified atom stereocenters. The van der Waals surface area contributed by atoms with Gasteiger partial charge in [0.2, 0.25) is 0 Å². The minimum absolute atomic E-state index is 0.201. The minimum Gasteiger partial charge on any atom is -0.269 e. The topological polar surface area (TPSA) is 78.1 Å². The molecule has 0 radical (unpaired) electrons. The van der Waals surface area contributed by atoms with E-state index in [9.17, 15) is 19.2 Å². The van der Waals surface area contributed by atoms with Gasteiger partial charge in [-0.1, -0.05) is 13.8 Å². The van der Waals surface area contributed by atoms with E-state index in [0.717, 1.165) is 0 Å². The fourth-order valence-electron chi connectivity index (χ4n) is 3.39. The Hall–Kier alpha value is -2.50. The SMILES string of the molecule is CCC(C)(C)n1c(=O)c2cc3c(=O)n(C(C)(C)CC)c(=O)c3cc2c1=O. The predicted molar refractivity (Wildman–Crippen MR) is 104 cm³/mol. The summed E-state index contributed by atoms with van der Waals surface area (Å²) in [7, 11) is 0. The van der Waals surface area contributed by atoms with Crippen molar-refractivity contribution in [2.24, 2.45) is 0 Å². The number of fused-ring (bicyclic) bond motifs is 2. The lowest BCUT2D eigenvalue weighted by molar-refractivity contribution is 0.328. The monoisotopic (exact) mass is 356 g/mol. The summed E-state index contributed by atoms with van der Waals surface area (Å²) in [5.74, 6) is 0. The fraction of sp³-hybridized carbons (Fsp3) is 0.500. The molecule has 0 amide bonds. The molecule has 0 bridgehead atoms. The molecule has 1 aromatic carbocycles. The molecule has 0 aliphatic heterocycles. The highest BCUT2D eigenvalue weighted by atomic mass is 16.2. The first kappa shape index (κ1) is 18.3. The molecule has 3 rings (SSSR count). The second-order valence-corrected chi connectivity index (χ2v) is 8.17. The molecule has 6 nitrogen and oxygen atoms in total. The number of aromatic nitrogens is 2. The summed E-state index contributed by atoms with van der Waals surface area (Å²) in [6.45, 7) is 11.1. The Bertz CT molecular complexity index is 1060. The van der Waals surface area contributed by atoms with Crippen LogP contribution in [0.1, 0.15) is 54.4 Å². The third-order valence-corrected chi connectivity index (χ3v) is 5.83. The van der Waals surface area contributed by atoms with Crippen LogP contribution in [-0.2, 0) is 11.1 Å². The third kappa shape index (κ3) is 2.24. The zero-order valence-corrected chi connectivity index (χ0v) is 16.1. The third-order valence-electron chi connectivity index (χ3n) is 5.83. The molecule has 2 aromatic heterocycles. The Morgan fingerprint density at radius 1 is 0.615 bits per heavy atom. The Labute approximate surface area is 150 Å². The molecule has 6 heteroatoms. The van der Waals surface area contributed by atoms with Crippen molar-refractivity contribution >= 4 is 21.5 Å². The molecule has 0 atom stereocenters. The van der Waals surface area contributed by atoms with E-state index < -0.39 is 33.3 Å². The average molecular weight is 356 g/mol. The Morgan fingerprint density at radius 3 is 1.04 bits per heavy atom. The molecule has 0 saturated heterocycles. The van der Waals surface area contributed by atoms with Gasteiger partial charge in [-0.2, -0.15) is 0 Å². The van der Waals surface area contributed by atoms with Crippen molar-refractivity contribution in [3.63, 3.8) is 0 Å². The van der Waals surface area contributed by atoms with Gasteiger partial charge in [-0.3, -0.25) is 28.3 Å². The Balaban J connectivity index is 2.51. The van der Waals surface area contributed by atoms with Crippen LogP contribution in [0.2, 0.25) is 0 Å². The second kappa shape index (κ2) is 5.50. The van der Waals surface area contributed by atoms with Crippen molar-refractivity contribution in [3.05, 3.63) is 53.5 Å². The van der Waals surface area contributed by atoms with E-state index in [1.54, 1.807) is 0 Å². The predicted octanol–water partition coefficient (Wildman–Crippen LogP) is 2.20. The molecule has 26 heavy (non-hydrogen) atoms. The van der Waals surface area contributed by atoms with Gasteiger partial charge in [-0.05, 0) is 52.7 Å². The highest BCUT2D eigenvalue weighted by Crippen LogP contribution is 2.22. The first-order valence-electron chi connectivity index (χ1n) is 8.93. The van der Waals surface area contributed by atoms with Gasteiger partial charge in [0.1, 0.15) is 0 Å². The highest BCUT2D eigenvalue weighted by molar-refractivity contribution is 5.97. The van der Waals surface area contributed by atoms with Gasteiger partial charge in [-0.25, -0.2) is 0 Å².